The molecule has 0 bridgehead atoms. The first kappa shape index (κ1) is 18.9. The van der Waals surface area contributed by atoms with E-state index in [9.17, 15) is 8.42 Å². The van der Waals surface area contributed by atoms with E-state index in [0.717, 1.165) is 15.3 Å². The standard InChI is InChI=1S/C20H15N5O2S3/c1-13-7-10-19(29-13)30(26,27)24-15-5-2-4-14(12-15)16-8-9-18-21-22-20(25(18)23-16)17-6-3-11-28-17/h2-12,24H,1H3. The van der Waals surface area contributed by atoms with Gasteiger partial charge in [-0.25, -0.2) is 8.42 Å². The van der Waals surface area contributed by atoms with E-state index in [2.05, 4.69) is 20.0 Å². The molecule has 1 N–H and O–H groups in total. The Morgan fingerprint density at radius 3 is 2.67 bits per heavy atom. The number of fused-ring (bicyclic) bond motifs is 1. The van der Waals surface area contributed by atoms with Gasteiger partial charge in [-0.05, 0) is 54.8 Å². The van der Waals surface area contributed by atoms with Crippen molar-refractivity contribution in [1.82, 2.24) is 19.8 Å². The van der Waals surface area contributed by atoms with Crippen LogP contribution in [0.25, 0.3) is 27.6 Å². The number of aryl methyl sites for hydroxylation is 1. The summed E-state index contributed by atoms with van der Waals surface area (Å²) in [7, 11) is -3.63. The predicted molar refractivity (Wildman–Crippen MR) is 119 cm³/mol. The van der Waals surface area contributed by atoms with E-state index in [1.165, 1.54) is 11.3 Å². The van der Waals surface area contributed by atoms with Crippen LogP contribution >= 0.6 is 22.7 Å². The summed E-state index contributed by atoms with van der Waals surface area (Å²) < 4.78 is 29.9. The highest BCUT2D eigenvalue weighted by Crippen LogP contribution is 2.27. The summed E-state index contributed by atoms with van der Waals surface area (Å²) in [6.45, 7) is 1.88. The van der Waals surface area contributed by atoms with E-state index in [1.54, 1.807) is 46.2 Å². The summed E-state index contributed by atoms with van der Waals surface area (Å²) >= 11 is 2.80. The Bertz CT molecular complexity index is 1450. The minimum atomic E-state index is -3.63. The number of nitrogens with zero attached hydrogens (tertiary/aromatic N) is 4. The van der Waals surface area contributed by atoms with Crippen molar-refractivity contribution < 1.29 is 8.42 Å². The average molecular weight is 454 g/mol. The van der Waals surface area contributed by atoms with E-state index < -0.39 is 10.0 Å². The molecule has 150 valence electrons. The second-order valence-corrected chi connectivity index (χ2v) is 10.7. The van der Waals surface area contributed by atoms with Crippen molar-refractivity contribution in [2.24, 2.45) is 0 Å². The highest BCUT2D eigenvalue weighted by atomic mass is 32.2. The molecule has 0 unspecified atom stereocenters. The van der Waals surface area contributed by atoms with Gasteiger partial charge in [0.05, 0.1) is 10.6 Å². The quantitative estimate of drug-likeness (QED) is 0.417. The van der Waals surface area contributed by atoms with Crippen LogP contribution in [0.5, 0.6) is 0 Å². The number of hydrogen-bond donors (Lipinski definition) is 1. The maximum Gasteiger partial charge on any atom is 0.271 e. The zero-order valence-corrected chi connectivity index (χ0v) is 18.1. The van der Waals surface area contributed by atoms with Gasteiger partial charge in [-0.2, -0.15) is 9.61 Å². The van der Waals surface area contributed by atoms with Crippen molar-refractivity contribution in [3.05, 3.63) is 70.9 Å². The van der Waals surface area contributed by atoms with Crippen molar-refractivity contribution in [2.75, 3.05) is 4.72 Å². The maximum absolute atomic E-state index is 12.6. The number of aromatic nitrogens is 4. The van der Waals surface area contributed by atoms with Gasteiger partial charge in [-0.1, -0.05) is 18.2 Å². The maximum atomic E-state index is 12.6. The highest BCUT2D eigenvalue weighted by molar-refractivity contribution is 7.94. The summed E-state index contributed by atoms with van der Waals surface area (Å²) in [5, 5.41) is 15.1. The Morgan fingerprint density at radius 1 is 1.00 bits per heavy atom. The van der Waals surface area contributed by atoms with Gasteiger partial charge in [0, 0.05) is 16.1 Å². The fourth-order valence-electron chi connectivity index (χ4n) is 3.01. The number of benzene rings is 1. The van der Waals surface area contributed by atoms with Crippen LogP contribution in [0.15, 0.2) is 70.3 Å². The first-order valence-corrected chi connectivity index (χ1v) is 12.1. The molecular weight excluding hydrogens is 438 g/mol. The Hall–Kier alpha value is -3.08. The van der Waals surface area contributed by atoms with Crippen LogP contribution in [0.2, 0.25) is 0 Å². The molecule has 0 fully saturated rings. The Morgan fingerprint density at radius 2 is 1.90 bits per heavy atom. The molecule has 0 atom stereocenters. The molecule has 5 rings (SSSR count). The van der Waals surface area contributed by atoms with Gasteiger partial charge in [0.2, 0.25) is 0 Å². The van der Waals surface area contributed by atoms with Crippen LogP contribution in [-0.2, 0) is 10.0 Å². The van der Waals surface area contributed by atoms with E-state index >= 15 is 0 Å². The average Bonchev–Trinajstić information content (AvgIpc) is 3.47. The molecule has 0 spiro atoms. The molecule has 1 aromatic carbocycles. The summed E-state index contributed by atoms with van der Waals surface area (Å²) in [6, 6.07) is 18.2. The van der Waals surface area contributed by atoms with E-state index in [-0.39, 0.29) is 4.21 Å². The summed E-state index contributed by atoms with van der Waals surface area (Å²) in [6.07, 6.45) is 0. The van der Waals surface area contributed by atoms with Crippen LogP contribution in [-0.4, -0.2) is 28.2 Å². The largest absolute Gasteiger partial charge is 0.279 e. The first-order chi connectivity index (χ1) is 14.5. The Labute approximate surface area is 180 Å². The normalized spacial score (nSPS) is 11.8. The SMILES string of the molecule is Cc1ccc(S(=O)(=O)Nc2cccc(-c3ccc4nnc(-c5cccs5)n4n3)c2)s1. The van der Waals surface area contributed by atoms with Crippen molar-refractivity contribution in [3.63, 3.8) is 0 Å². The van der Waals surface area contributed by atoms with Gasteiger partial charge in [-0.15, -0.1) is 32.9 Å². The predicted octanol–water partition coefficient (Wildman–Crippen LogP) is 4.69. The van der Waals surface area contributed by atoms with E-state index in [0.29, 0.717) is 22.9 Å². The van der Waals surface area contributed by atoms with Crippen molar-refractivity contribution in [2.45, 2.75) is 11.1 Å². The van der Waals surface area contributed by atoms with Crippen molar-refractivity contribution >= 4 is 44.0 Å². The minimum absolute atomic E-state index is 0.287. The number of thiophene rings is 2. The topological polar surface area (TPSA) is 89.2 Å². The molecule has 4 aromatic heterocycles. The molecule has 0 aliphatic rings. The number of anilines is 1. The van der Waals surface area contributed by atoms with Crippen molar-refractivity contribution in [1.29, 1.82) is 0 Å². The van der Waals surface area contributed by atoms with Gasteiger partial charge in [0.25, 0.3) is 10.0 Å². The summed E-state index contributed by atoms with van der Waals surface area (Å²) in [5.41, 5.74) is 2.59. The van der Waals surface area contributed by atoms with Crippen LogP contribution in [0, 0.1) is 6.92 Å². The van der Waals surface area contributed by atoms with Crippen LogP contribution in [0.1, 0.15) is 4.88 Å². The number of nitrogens with one attached hydrogen (secondary N) is 1. The Kier molecular flexibility index (Phi) is 4.61. The number of rotatable bonds is 5. The lowest BCUT2D eigenvalue weighted by molar-refractivity contribution is 0.603. The Balaban J connectivity index is 1.51. The second kappa shape index (κ2) is 7.31. The van der Waals surface area contributed by atoms with Crippen LogP contribution in [0.3, 0.4) is 0 Å². The third kappa shape index (κ3) is 3.49. The minimum Gasteiger partial charge on any atom is -0.279 e. The van der Waals surface area contributed by atoms with Crippen molar-refractivity contribution in [3.8, 4) is 22.0 Å². The third-order valence-corrected chi connectivity index (χ3v) is 8.14. The van der Waals surface area contributed by atoms with Crippen LogP contribution in [0.4, 0.5) is 5.69 Å². The fourth-order valence-corrected chi connectivity index (χ4v) is 6.03. The summed E-state index contributed by atoms with van der Waals surface area (Å²) in [5.74, 6) is 0.673. The van der Waals surface area contributed by atoms with Gasteiger partial charge in [-0.3, -0.25) is 4.72 Å². The zero-order valence-electron chi connectivity index (χ0n) is 15.7. The molecule has 0 aliphatic carbocycles. The molecule has 4 heterocycles. The van der Waals surface area contributed by atoms with Crippen LogP contribution < -0.4 is 4.72 Å². The molecule has 0 saturated carbocycles. The number of sulfonamides is 1. The summed E-state index contributed by atoms with van der Waals surface area (Å²) in [4.78, 5) is 1.91. The molecule has 0 radical (unpaired) electrons. The fraction of sp³-hybridized carbons (Fsp3) is 0.0500. The molecule has 30 heavy (non-hydrogen) atoms. The molecular formula is C20H15N5O2S3. The van der Waals surface area contributed by atoms with Gasteiger partial charge < -0.3 is 0 Å². The number of hydrogen-bond acceptors (Lipinski definition) is 7. The smallest absolute Gasteiger partial charge is 0.271 e. The van der Waals surface area contributed by atoms with Gasteiger partial charge >= 0.3 is 0 Å². The lowest BCUT2D eigenvalue weighted by atomic mass is 10.1. The molecule has 7 nitrogen and oxygen atoms in total. The van der Waals surface area contributed by atoms with Gasteiger partial charge in [0.15, 0.2) is 11.5 Å². The molecule has 0 amide bonds. The monoisotopic (exact) mass is 453 g/mol. The van der Waals surface area contributed by atoms with E-state index in [4.69, 9.17) is 0 Å². The third-order valence-electron chi connectivity index (χ3n) is 4.40. The second-order valence-electron chi connectivity index (χ2n) is 6.54. The molecule has 5 aromatic rings. The first-order valence-electron chi connectivity index (χ1n) is 8.96. The lowest BCUT2D eigenvalue weighted by Gasteiger charge is -2.08. The zero-order chi connectivity index (χ0) is 20.7. The highest BCUT2D eigenvalue weighted by Gasteiger charge is 2.17. The van der Waals surface area contributed by atoms with E-state index in [1.807, 2.05) is 42.6 Å². The molecule has 0 saturated heterocycles. The van der Waals surface area contributed by atoms with Gasteiger partial charge in [0.1, 0.15) is 4.21 Å². The molecule has 10 heteroatoms. The lowest BCUT2D eigenvalue weighted by Crippen LogP contribution is -2.11. The molecule has 0 aliphatic heterocycles.